The smallest absolute Gasteiger partial charge is 0.407 e. The number of carbonyl (C=O) groups is 1. The number of alkyl carbamates (subject to hydrolysis) is 1. The Hall–Kier alpha value is -1.55. The first-order valence-electron chi connectivity index (χ1n) is 6.25. The molecule has 0 fully saturated rings. The Morgan fingerprint density at radius 1 is 1.28 bits per heavy atom. The molecule has 0 atom stereocenters. The molecule has 4 nitrogen and oxygen atoms in total. The summed E-state index contributed by atoms with van der Waals surface area (Å²) in [6.07, 6.45) is 0.845. The number of hydrogen-bond acceptors (Lipinski definition) is 3. The van der Waals surface area contributed by atoms with Gasteiger partial charge in [-0.3, -0.25) is 0 Å². The van der Waals surface area contributed by atoms with Gasteiger partial charge in [-0.15, -0.1) is 0 Å². The molecule has 18 heavy (non-hydrogen) atoms. The zero-order chi connectivity index (χ0) is 13.4. The molecule has 1 aromatic carbocycles. The van der Waals surface area contributed by atoms with Crippen molar-refractivity contribution in [3.63, 3.8) is 0 Å². The van der Waals surface area contributed by atoms with E-state index in [0.29, 0.717) is 12.8 Å². The molecule has 0 saturated carbocycles. The Morgan fingerprint density at radius 2 is 1.89 bits per heavy atom. The second-order valence-corrected chi connectivity index (χ2v) is 4.33. The summed E-state index contributed by atoms with van der Waals surface area (Å²) in [6, 6.07) is 9.49. The third-order valence-corrected chi connectivity index (χ3v) is 3.24. The van der Waals surface area contributed by atoms with Crippen LogP contribution in [-0.4, -0.2) is 23.3 Å². The van der Waals surface area contributed by atoms with E-state index < -0.39 is 11.6 Å². The van der Waals surface area contributed by atoms with Gasteiger partial charge in [-0.05, 0) is 18.4 Å². The maximum absolute atomic E-state index is 11.7. The van der Waals surface area contributed by atoms with Crippen molar-refractivity contribution < 1.29 is 14.6 Å². The highest BCUT2D eigenvalue weighted by molar-refractivity contribution is 5.68. The molecule has 0 saturated heterocycles. The first kappa shape index (κ1) is 14.5. The minimum atomic E-state index is -0.576. The van der Waals surface area contributed by atoms with Crippen LogP contribution in [0.2, 0.25) is 0 Å². The second-order valence-electron chi connectivity index (χ2n) is 4.33. The number of nitrogens with one attached hydrogen (secondary N) is 1. The van der Waals surface area contributed by atoms with Crippen molar-refractivity contribution in [2.45, 2.75) is 38.8 Å². The zero-order valence-electron chi connectivity index (χ0n) is 11.0. The van der Waals surface area contributed by atoms with Crippen LogP contribution in [0, 0.1) is 0 Å². The van der Waals surface area contributed by atoms with Crippen LogP contribution in [0.4, 0.5) is 4.79 Å². The fourth-order valence-corrected chi connectivity index (χ4v) is 1.67. The Morgan fingerprint density at radius 3 is 2.39 bits per heavy atom. The molecule has 0 aliphatic heterocycles. The SMILES string of the molecule is CCC(CC)(CO)NC(=O)OCc1ccccc1. The summed E-state index contributed by atoms with van der Waals surface area (Å²) in [7, 11) is 0. The second kappa shape index (κ2) is 7.01. The molecular formula is C14H21NO3. The first-order valence-corrected chi connectivity index (χ1v) is 6.25. The maximum atomic E-state index is 11.7. The van der Waals surface area contributed by atoms with Gasteiger partial charge in [-0.25, -0.2) is 4.79 Å². The molecule has 4 heteroatoms. The zero-order valence-corrected chi connectivity index (χ0v) is 11.0. The highest BCUT2D eigenvalue weighted by atomic mass is 16.5. The van der Waals surface area contributed by atoms with E-state index in [9.17, 15) is 9.90 Å². The summed E-state index contributed by atoms with van der Waals surface area (Å²) < 4.78 is 5.13. The quantitative estimate of drug-likeness (QED) is 0.816. The number of carbonyl (C=O) groups excluding carboxylic acids is 1. The molecule has 100 valence electrons. The summed E-state index contributed by atoms with van der Waals surface area (Å²) in [5.74, 6) is 0. The number of aliphatic hydroxyl groups is 1. The number of benzene rings is 1. The van der Waals surface area contributed by atoms with Crippen LogP contribution in [0.3, 0.4) is 0 Å². The number of rotatable bonds is 6. The van der Waals surface area contributed by atoms with E-state index in [1.807, 2.05) is 44.2 Å². The van der Waals surface area contributed by atoms with Gasteiger partial charge in [0, 0.05) is 0 Å². The van der Waals surface area contributed by atoms with Crippen LogP contribution in [0.15, 0.2) is 30.3 Å². The number of amides is 1. The summed E-state index contributed by atoms with van der Waals surface area (Å²) in [6.45, 7) is 4.01. The molecule has 0 unspecified atom stereocenters. The lowest BCUT2D eigenvalue weighted by molar-refractivity contribution is 0.102. The fourth-order valence-electron chi connectivity index (χ4n) is 1.67. The Balaban J connectivity index is 2.46. The molecule has 0 aliphatic rings. The third-order valence-electron chi connectivity index (χ3n) is 3.24. The normalized spacial score (nSPS) is 11.1. The van der Waals surface area contributed by atoms with Crippen LogP contribution in [0.5, 0.6) is 0 Å². The van der Waals surface area contributed by atoms with Gasteiger partial charge in [-0.1, -0.05) is 44.2 Å². The lowest BCUT2D eigenvalue weighted by Crippen LogP contribution is -2.50. The van der Waals surface area contributed by atoms with Crippen molar-refractivity contribution in [1.82, 2.24) is 5.32 Å². The maximum Gasteiger partial charge on any atom is 0.407 e. The molecule has 0 aliphatic carbocycles. The summed E-state index contributed by atoms with van der Waals surface area (Å²) in [5.41, 5.74) is 0.364. The van der Waals surface area contributed by atoms with Gasteiger partial charge in [0.1, 0.15) is 6.61 Å². The average molecular weight is 251 g/mol. The average Bonchev–Trinajstić information content (AvgIpc) is 2.44. The van der Waals surface area contributed by atoms with Gasteiger partial charge in [0.05, 0.1) is 12.1 Å². The topological polar surface area (TPSA) is 58.6 Å². The van der Waals surface area contributed by atoms with E-state index in [-0.39, 0.29) is 13.2 Å². The van der Waals surface area contributed by atoms with Gasteiger partial charge in [0.25, 0.3) is 0 Å². The molecular weight excluding hydrogens is 230 g/mol. The van der Waals surface area contributed by atoms with E-state index in [1.165, 1.54) is 0 Å². The van der Waals surface area contributed by atoms with Crippen LogP contribution in [0.1, 0.15) is 32.3 Å². The highest BCUT2D eigenvalue weighted by Gasteiger charge is 2.27. The van der Waals surface area contributed by atoms with E-state index in [2.05, 4.69) is 5.32 Å². The largest absolute Gasteiger partial charge is 0.445 e. The molecule has 0 spiro atoms. The van der Waals surface area contributed by atoms with Crippen molar-refractivity contribution in [2.24, 2.45) is 0 Å². The summed E-state index contributed by atoms with van der Waals surface area (Å²) in [5, 5.41) is 12.1. The minimum absolute atomic E-state index is 0.0829. The van der Waals surface area contributed by atoms with Gasteiger partial charge >= 0.3 is 6.09 Å². The van der Waals surface area contributed by atoms with E-state index in [4.69, 9.17) is 4.74 Å². The van der Waals surface area contributed by atoms with Crippen molar-refractivity contribution in [3.8, 4) is 0 Å². The van der Waals surface area contributed by atoms with Crippen molar-refractivity contribution >= 4 is 6.09 Å². The van der Waals surface area contributed by atoms with Crippen LogP contribution in [0.25, 0.3) is 0 Å². The molecule has 1 aromatic rings. The highest BCUT2D eigenvalue weighted by Crippen LogP contribution is 2.14. The Kier molecular flexibility index (Phi) is 5.65. The molecule has 0 radical (unpaired) electrons. The lowest BCUT2D eigenvalue weighted by atomic mass is 9.94. The summed E-state index contributed by atoms with van der Waals surface area (Å²) in [4.78, 5) is 11.7. The van der Waals surface area contributed by atoms with Crippen LogP contribution < -0.4 is 5.32 Å². The van der Waals surface area contributed by atoms with Crippen LogP contribution >= 0.6 is 0 Å². The number of ether oxygens (including phenoxy) is 1. The molecule has 1 amide bonds. The third kappa shape index (κ3) is 4.04. The van der Waals surface area contributed by atoms with Gasteiger partial charge in [0.15, 0.2) is 0 Å². The molecule has 0 bridgehead atoms. The Bertz CT molecular complexity index is 352. The van der Waals surface area contributed by atoms with Gasteiger partial charge in [-0.2, -0.15) is 0 Å². The standard InChI is InChI=1S/C14H21NO3/c1-3-14(4-2,11-16)15-13(17)18-10-12-8-6-5-7-9-12/h5-9,16H,3-4,10-11H2,1-2H3,(H,15,17). The van der Waals surface area contributed by atoms with Crippen molar-refractivity contribution in [1.29, 1.82) is 0 Å². The molecule has 0 heterocycles. The predicted molar refractivity (Wildman–Crippen MR) is 70.2 cm³/mol. The van der Waals surface area contributed by atoms with E-state index >= 15 is 0 Å². The fraction of sp³-hybridized carbons (Fsp3) is 0.500. The van der Waals surface area contributed by atoms with Gasteiger partial charge in [0.2, 0.25) is 0 Å². The lowest BCUT2D eigenvalue weighted by Gasteiger charge is -2.30. The van der Waals surface area contributed by atoms with Gasteiger partial charge < -0.3 is 15.2 Å². The molecule has 2 N–H and O–H groups in total. The van der Waals surface area contributed by atoms with E-state index in [1.54, 1.807) is 0 Å². The molecule has 0 aromatic heterocycles. The van der Waals surface area contributed by atoms with E-state index in [0.717, 1.165) is 5.56 Å². The van der Waals surface area contributed by atoms with Crippen molar-refractivity contribution in [3.05, 3.63) is 35.9 Å². The Labute approximate surface area is 108 Å². The monoisotopic (exact) mass is 251 g/mol. The number of hydrogen-bond donors (Lipinski definition) is 2. The minimum Gasteiger partial charge on any atom is -0.445 e. The molecule has 1 rings (SSSR count). The summed E-state index contributed by atoms with van der Waals surface area (Å²) >= 11 is 0. The number of aliphatic hydroxyl groups excluding tert-OH is 1. The van der Waals surface area contributed by atoms with Crippen molar-refractivity contribution in [2.75, 3.05) is 6.61 Å². The first-order chi connectivity index (χ1) is 8.65. The predicted octanol–water partition coefficient (Wildman–Crippen LogP) is 2.46. The van der Waals surface area contributed by atoms with Crippen LogP contribution in [-0.2, 0) is 11.3 Å².